The van der Waals surface area contributed by atoms with Crippen molar-refractivity contribution in [2.45, 2.75) is 0 Å². The van der Waals surface area contributed by atoms with E-state index in [4.69, 9.17) is 0 Å². The lowest BCUT2D eigenvalue weighted by Gasteiger charge is -2.00. The van der Waals surface area contributed by atoms with Crippen molar-refractivity contribution in [3.63, 3.8) is 0 Å². The molecule has 0 unspecified atom stereocenters. The van der Waals surface area contributed by atoms with Crippen molar-refractivity contribution in [1.29, 1.82) is 0 Å². The molecule has 0 aliphatic heterocycles. The van der Waals surface area contributed by atoms with Crippen LogP contribution >= 0.6 is 0 Å². The number of hydrogen-bond acceptors (Lipinski definition) is 4. The van der Waals surface area contributed by atoms with Gasteiger partial charge in [0.1, 0.15) is 11.4 Å². The van der Waals surface area contributed by atoms with Crippen molar-refractivity contribution >= 4 is 11.0 Å². The van der Waals surface area contributed by atoms with E-state index in [1.165, 1.54) is 0 Å². The van der Waals surface area contributed by atoms with Crippen LogP contribution in [0.15, 0.2) is 48.8 Å². The average molecular weight is 208 g/mol. The van der Waals surface area contributed by atoms with Gasteiger partial charge >= 0.3 is 0 Å². The van der Waals surface area contributed by atoms with Gasteiger partial charge in [-0.3, -0.25) is 4.98 Å². The molecule has 0 atom stereocenters. The third-order valence-corrected chi connectivity index (χ3v) is 2.28. The summed E-state index contributed by atoms with van der Waals surface area (Å²) in [6, 6.07) is 11.5. The quantitative estimate of drug-likeness (QED) is 0.614. The Kier molecular flexibility index (Phi) is 2.04. The smallest absolute Gasteiger partial charge is 0.113 e. The minimum absolute atomic E-state index is 0.737. The third kappa shape index (κ3) is 1.50. The lowest BCUT2D eigenvalue weighted by molar-refractivity contribution is 1.03. The predicted molar refractivity (Wildman–Crippen MR) is 60.6 cm³/mol. The molecule has 16 heavy (non-hydrogen) atoms. The first kappa shape index (κ1) is 8.91. The second kappa shape index (κ2) is 3.66. The normalized spacial score (nSPS) is 10.5. The highest BCUT2D eigenvalue weighted by Crippen LogP contribution is 2.15. The van der Waals surface area contributed by atoms with Gasteiger partial charge in [-0.15, -0.1) is 5.10 Å². The van der Waals surface area contributed by atoms with Crippen molar-refractivity contribution < 1.29 is 0 Å². The van der Waals surface area contributed by atoms with Crippen molar-refractivity contribution in [3.05, 3.63) is 48.8 Å². The molecule has 2 heterocycles. The molecule has 0 N–H and O–H groups in total. The maximum atomic E-state index is 4.48. The Labute approximate surface area is 92.0 Å². The largest absolute Gasteiger partial charge is 0.252 e. The van der Waals surface area contributed by atoms with Crippen LogP contribution in [0.25, 0.3) is 22.4 Å². The Balaban J connectivity index is 2.19. The number of benzene rings is 1. The molecule has 0 bridgehead atoms. The van der Waals surface area contributed by atoms with Crippen LogP contribution in [-0.4, -0.2) is 20.2 Å². The van der Waals surface area contributed by atoms with E-state index in [2.05, 4.69) is 20.2 Å². The van der Waals surface area contributed by atoms with Crippen molar-refractivity contribution in [2.24, 2.45) is 0 Å². The summed E-state index contributed by atoms with van der Waals surface area (Å²) in [5.41, 5.74) is 3.23. The van der Waals surface area contributed by atoms with Gasteiger partial charge in [0.25, 0.3) is 0 Å². The molecule has 3 aromatic rings. The maximum Gasteiger partial charge on any atom is 0.113 e. The van der Waals surface area contributed by atoms with Gasteiger partial charge in [0.05, 0.1) is 17.2 Å². The van der Waals surface area contributed by atoms with Crippen LogP contribution in [0.4, 0.5) is 0 Å². The number of fused-ring (bicyclic) bond motifs is 1. The van der Waals surface area contributed by atoms with Gasteiger partial charge in [0.15, 0.2) is 0 Å². The Bertz CT molecular complexity index is 622. The molecule has 0 spiro atoms. The highest BCUT2D eigenvalue weighted by molar-refractivity contribution is 5.76. The van der Waals surface area contributed by atoms with E-state index in [1.54, 1.807) is 12.4 Å². The van der Waals surface area contributed by atoms with Gasteiger partial charge in [0.2, 0.25) is 0 Å². The first-order chi connectivity index (χ1) is 7.93. The monoisotopic (exact) mass is 208 g/mol. The minimum atomic E-state index is 0.737. The summed E-state index contributed by atoms with van der Waals surface area (Å²) in [5, 5.41) is 7.83. The minimum Gasteiger partial charge on any atom is -0.252 e. The van der Waals surface area contributed by atoms with Gasteiger partial charge in [-0.2, -0.15) is 5.10 Å². The van der Waals surface area contributed by atoms with Gasteiger partial charge in [-0.25, -0.2) is 4.98 Å². The molecule has 0 radical (unpaired) electrons. The Morgan fingerprint density at radius 3 is 2.50 bits per heavy atom. The van der Waals surface area contributed by atoms with Gasteiger partial charge in [0, 0.05) is 6.20 Å². The molecule has 4 nitrogen and oxygen atoms in total. The van der Waals surface area contributed by atoms with Gasteiger partial charge in [-0.05, 0) is 24.3 Å². The van der Waals surface area contributed by atoms with E-state index in [-0.39, 0.29) is 0 Å². The van der Waals surface area contributed by atoms with E-state index >= 15 is 0 Å². The second-order valence-corrected chi connectivity index (χ2v) is 3.35. The second-order valence-electron chi connectivity index (χ2n) is 3.35. The number of para-hydroxylation sites is 2. The highest BCUT2D eigenvalue weighted by atomic mass is 15.1. The molecule has 4 heteroatoms. The van der Waals surface area contributed by atoms with Gasteiger partial charge in [-0.1, -0.05) is 12.1 Å². The fraction of sp³-hybridized carbons (Fsp3) is 0. The van der Waals surface area contributed by atoms with E-state index in [9.17, 15) is 0 Å². The lowest BCUT2D eigenvalue weighted by Crippen LogP contribution is -1.91. The Morgan fingerprint density at radius 2 is 1.69 bits per heavy atom. The van der Waals surface area contributed by atoms with Crippen LogP contribution in [0, 0.1) is 0 Å². The Morgan fingerprint density at radius 1 is 0.812 bits per heavy atom. The maximum absolute atomic E-state index is 4.48. The zero-order valence-electron chi connectivity index (χ0n) is 8.41. The predicted octanol–water partition coefficient (Wildman–Crippen LogP) is 2.09. The fourth-order valence-electron chi connectivity index (χ4n) is 1.52. The molecule has 0 aliphatic carbocycles. The summed E-state index contributed by atoms with van der Waals surface area (Å²) >= 11 is 0. The molecule has 2 aromatic heterocycles. The molecule has 0 saturated carbocycles. The summed E-state index contributed by atoms with van der Waals surface area (Å²) in [6.45, 7) is 0. The van der Waals surface area contributed by atoms with Crippen LogP contribution in [-0.2, 0) is 0 Å². The molecule has 0 saturated heterocycles. The van der Waals surface area contributed by atoms with Crippen molar-refractivity contribution in [2.75, 3.05) is 0 Å². The summed E-state index contributed by atoms with van der Waals surface area (Å²) in [4.78, 5) is 8.81. The van der Waals surface area contributed by atoms with E-state index in [1.807, 2.05) is 36.4 Å². The topological polar surface area (TPSA) is 51.6 Å². The van der Waals surface area contributed by atoms with Crippen molar-refractivity contribution in [1.82, 2.24) is 20.2 Å². The number of aromatic nitrogens is 4. The zero-order valence-corrected chi connectivity index (χ0v) is 8.41. The Hall–Kier alpha value is -2.36. The number of rotatable bonds is 1. The van der Waals surface area contributed by atoms with Crippen LogP contribution in [0.3, 0.4) is 0 Å². The number of hydrogen-bond donors (Lipinski definition) is 0. The first-order valence-electron chi connectivity index (χ1n) is 4.93. The molecule has 0 fully saturated rings. The molecule has 0 aliphatic rings. The molecule has 1 aromatic carbocycles. The van der Waals surface area contributed by atoms with Crippen LogP contribution in [0.1, 0.15) is 0 Å². The molecule has 3 rings (SSSR count). The summed E-state index contributed by atoms with van der Waals surface area (Å²) in [5.74, 6) is 0. The standard InChI is InChI=1S/C12H8N4/c1-2-5-10-9(4-1)13-8-12(15-10)11-6-3-7-14-16-11/h1-8H. The van der Waals surface area contributed by atoms with Crippen molar-refractivity contribution in [3.8, 4) is 11.4 Å². The van der Waals surface area contributed by atoms with E-state index < -0.39 is 0 Å². The lowest BCUT2D eigenvalue weighted by atomic mass is 10.2. The fourth-order valence-corrected chi connectivity index (χ4v) is 1.52. The molecule has 0 amide bonds. The van der Waals surface area contributed by atoms with Crippen LogP contribution in [0.5, 0.6) is 0 Å². The molecule has 76 valence electrons. The molecular weight excluding hydrogens is 200 g/mol. The summed E-state index contributed by atoms with van der Waals surface area (Å²) in [7, 11) is 0. The summed E-state index contributed by atoms with van der Waals surface area (Å²) < 4.78 is 0. The summed E-state index contributed by atoms with van der Waals surface area (Å²) in [6.07, 6.45) is 3.35. The van der Waals surface area contributed by atoms with E-state index in [0.29, 0.717) is 0 Å². The van der Waals surface area contributed by atoms with E-state index in [0.717, 1.165) is 22.4 Å². The molecular formula is C12H8N4. The third-order valence-electron chi connectivity index (χ3n) is 2.28. The highest BCUT2D eigenvalue weighted by Gasteiger charge is 2.02. The van der Waals surface area contributed by atoms with Crippen LogP contribution < -0.4 is 0 Å². The first-order valence-corrected chi connectivity index (χ1v) is 4.93. The van der Waals surface area contributed by atoms with Gasteiger partial charge < -0.3 is 0 Å². The zero-order chi connectivity index (χ0) is 10.8. The van der Waals surface area contributed by atoms with Crippen LogP contribution in [0.2, 0.25) is 0 Å². The SMILES string of the molecule is c1cnnc(-c2cnc3ccccc3n2)c1. The number of nitrogens with zero attached hydrogens (tertiary/aromatic N) is 4. The average Bonchev–Trinajstić information content (AvgIpc) is 2.39.